The predicted molar refractivity (Wildman–Crippen MR) is 90.7 cm³/mol. The molecule has 4 rings (SSSR count). The fraction of sp³-hybridized carbons (Fsp3) is 0.400. The number of hydrogen-bond acceptors (Lipinski definition) is 5. The summed E-state index contributed by atoms with van der Waals surface area (Å²) in [4.78, 5) is 0. The van der Waals surface area contributed by atoms with Crippen LogP contribution >= 0.6 is 0 Å². The third kappa shape index (κ3) is 3.76. The summed E-state index contributed by atoms with van der Waals surface area (Å²) in [6, 6.07) is 19.8. The SMILES string of the molecule is O[C@H]1[C@@H]2OC[C@@H](O2)[C@H](OCc2ccccc2)[C@@H]1OCc1ccccc1. The van der Waals surface area contributed by atoms with Gasteiger partial charge in [0, 0.05) is 0 Å². The van der Waals surface area contributed by atoms with E-state index in [1.807, 2.05) is 60.7 Å². The maximum absolute atomic E-state index is 10.5. The summed E-state index contributed by atoms with van der Waals surface area (Å²) in [5, 5.41) is 10.5. The van der Waals surface area contributed by atoms with E-state index >= 15 is 0 Å². The lowest BCUT2D eigenvalue weighted by atomic mass is 10.0. The van der Waals surface area contributed by atoms with E-state index in [-0.39, 0.29) is 12.2 Å². The van der Waals surface area contributed by atoms with Gasteiger partial charge in [0.2, 0.25) is 0 Å². The summed E-state index contributed by atoms with van der Waals surface area (Å²) in [5.74, 6) is 0. The highest BCUT2D eigenvalue weighted by atomic mass is 16.7. The highest BCUT2D eigenvalue weighted by Gasteiger charge is 2.51. The minimum Gasteiger partial charge on any atom is -0.385 e. The van der Waals surface area contributed by atoms with Gasteiger partial charge in [0.15, 0.2) is 6.29 Å². The summed E-state index contributed by atoms with van der Waals surface area (Å²) in [6.07, 6.45) is -2.60. The van der Waals surface area contributed by atoms with E-state index in [0.717, 1.165) is 11.1 Å². The molecule has 2 heterocycles. The van der Waals surface area contributed by atoms with Gasteiger partial charge in [-0.2, -0.15) is 0 Å². The number of ether oxygens (including phenoxy) is 4. The lowest BCUT2D eigenvalue weighted by Crippen LogP contribution is -2.55. The van der Waals surface area contributed by atoms with Gasteiger partial charge in [-0.1, -0.05) is 60.7 Å². The fourth-order valence-corrected chi connectivity index (χ4v) is 3.28. The number of benzene rings is 2. The lowest BCUT2D eigenvalue weighted by molar-refractivity contribution is -0.254. The van der Waals surface area contributed by atoms with Crippen molar-refractivity contribution in [2.24, 2.45) is 0 Å². The maximum atomic E-state index is 10.5. The molecule has 2 aromatic rings. The molecule has 2 saturated heterocycles. The molecular formula is C20H22O5. The number of rotatable bonds is 6. The minimum atomic E-state index is -0.872. The van der Waals surface area contributed by atoms with E-state index in [9.17, 15) is 5.11 Å². The van der Waals surface area contributed by atoms with Crippen molar-refractivity contribution >= 4 is 0 Å². The van der Waals surface area contributed by atoms with E-state index in [1.54, 1.807) is 0 Å². The van der Waals surface area contributed by atoms with Crippen LogP contribution in [0.3, 0.4) is 0 Å². The van der Waals surface area contributed by atoms with Gasteiger partial charge in [-0.05, 0) is 11.1 Å². The minimum absolute atomic E-state index is 0.224. The Kier molecular flexibility index (Phi) is 5.10. The standard InChI is InChI=1S/C20H22O5/c21-17-19(23-12-15-9-5-2-6-10-15)18(16-13-24-20(17)25-16)22-11-14-7-3-1-4-8-14/h1-10,16-21H,11-13H2/t16-,17-,18+,19-,20-/m1/s1. The second kappa shape index (κ2) is 7.64. The molecule has 2 fully saturated rings. The van der Waals surface area contributed by atoms with E-state index in [1.165, 1.54) is 0 Å². The molecular weight excluding hydrogens is 320 g/mol. The van der Waals surface area contributed by atoms with Gasteiger partial charge in [-0.25, -0.2) is 0 Å². The van der Waals surface area contributed by atoms with Gasteiger partial charge in [-0.3, -0.25) is 0 Å². The first-order chi connectivity index (χ1) is 12.3. The van der Waals surface area contributed by atoms with Crippen molar-refractivity contribution in [1.82, 2.24) is 0 Å². The quantitative estimate of drug-likeness (QED) is 0.873. The van der Waals surface area contributed by atoms with Gasteiger partial charge in [0.25, 0.3) is 0 Å². The van der Waals surface area contributed by atoms with Crippen LogP contribution < -0.4 is 0 Å². The number of hydrogen-bond donors (Lipinski definition) is 1. The Bertz CT molecular complexity index is 619. The van der Waals surface area contributed by atoms with E-state index in [4.69, 9.17) is 18.9 Å². The van der Waals surface area contributed by atoms with Crippen molar-refractivity contribution in [2.75, 3.05) is 6.61 Å². The Balaban J connectivity index is 1.45. The molecule has 0 aromatic heterocycles. The monoisotopic (exact) mass is 342 g/mol. The summed E-state index contributed by atoms with van der Waals surface area (Å²) in [5.41, 5.74) is 2.12. The van der Waals surface area contributed by atoms with Crippen LogP contribution in [0.2, 0.25) is 0 Å². The molecule has 5 heteroatoms. The van der Waals surface area contributed by atoms with Crippen molar-refractivity contribution < 1.29 is 24.1 Å². The summed E-state index contributed by atoms with van der Waals surface area (Å²) in [6.45, 7) is 1.26. The van der Waals surface area contributed by atoms with Gasteiger partial charge in [0.1, 0.15) is 24.4 Å². The summed E-state index contributed by atoms with van der Waals surface area (Å²) < 4.78 is 23.3. The Labute approximate surface area is 147 Å². The van der Waals surface area contributed by atoms with Gasteiger partial charge in [-0.15, -0.1) is 0 Å². The molecule has 5 nitrogen and oxygen atoms in total. The lowest BCUT2D eigenvalue weighted by Gasteiger charge is -2.38. The molecule has 2 aliphatic rings. The predicted octanol–water partition coefficient (Wildman–Crippen LogP) is 2.27. The molecule has 0 amide bonds. The fourth-order valence-electron chi connectivity index (χ4n) is 3.28. The largest absolute Gasteiger partial charge is 0.385 e. The second-order valence-corrected chi connectivity index (χ2v) is 6.39. The molecule has 132 valence electrons. The zero-order valence-corrected chi connectivity index (χ0v) is 13.9. The molecule has 25 heavy (non-hydrogen) atoms. The Hall–Kier alpha value is -1.76. The second-order valence-electron chi connectivity index (χ2n) is 6.39. The summed E-state index contributed by atoms with van der Waals surface area (Å²) >= 11 is 0. The van der Waals surface area contributed by atoms with Crippen LogP contribution in [0, 0.1) is 0 Å². The third-order valence-corrected chi connectivity index (χ3v) is 4.61. The van der Waals surface area contributed by atoms with E-state index in [0.29, 0.717) is 19.8 Å². The van der Waals surface area contributed by atoms with Crippen LogP contribution in [-0.2, 0) is 32.2 Å². The zero-order valence-electron chi connectivity index (χ0n) is 13.9. The van der Waals surface area contributed by atoms with Gasteiger partial charge >= 0.3 is 0 Å². The van der Waals surface area contributed by atoms with E-state index < -0.39 is 18.5 Å². The zero-order chi connectivity index (χ0) is 17.1. The van der Waals surface area contributed by atoms with Crippen molar-refractivity contribution in [3.63, 3.8) is 0 Å². The average molecular weight is 342 g/mol. The molecule has 2 aromatic carbocycles. The first-order valence-corrected chi connectivity index (χ1v) is 8.57. The Morgan fingerprint density at radius 1 is 0.840 bits per heavy atom. The average Bonchev–Trinajstić information content (AvgIpc) is 3.11. The summed E-state index contributed by atoms with van der Waals surface area (Å²) in [7, 11) is 0. The Morgan fingerprint density at radius 2 is 1.40 bits per heavy atom. The Morgan fingerprint density at radius 3 is 2.00 bits per heavy atom. The normalized spacial score (nSPS) is 31.2. The van der Waals surface area contributed by atoms with Crippen molar-refractivity contribution in [1.29, 1.82) is 0 Å². The highest BCUT2D eigenvalue weighted by molar-refractivity contribution is 5.14. The number of fused-ring (bicyclic) bond motifs is 2. The van der Waals surface area contributed by atoms with Crippen molar-refractivity contribution in [2.45, 2.75) is 43.9 Å². The molecule has 0 aliphatic carbocycles. The molecule has 2 bridgehead atoms. The van der Waals surface area contributed by atoms with Crippen LogP contribution in [0.15, 0.2) is 60.7 Å². The first-order valence-electron chi connectivity index (χ1n) is 8.57. The van der Waals surface area contributed by atoms with Crippen LogP contribution in [0.25, 0.3) is 0 Å². The molecule has 0 radical (unpaired) electrons. The molecule has 0 saturated carbocycles. The number of aliphatic hydroxyl groups excluding tert-OH is 1. The van der Waals surface area contributed by atoms with Crippen LogP contribution in [0.1, 0.15) is 11.1 Å². The molecule has 1 N–H and O–H groups in total. The smallest absolute Gasteiger partial charge is 0.186 e. The molecule has 0 unspecified atom stereocenters. The molecule has 5 atom stereocenters. The highest BCUT2D eigenvalue weighted by Crippen LogP contribution is 2.32. The third-order valence-electron chi connectivity index (χ3n) is 4.61. The van der Waals surface area contributed by atoms with Crippen LogP contribution in [0.4, 0.5) is 0 Å². The van der Waals surface area contributed by atoms with Crippen molar-refractivity contribution in [3.05, 3.63) is 71.8 Å². The van der Waals surface area contributed by atoms with Crippen LogP contribution in [0.5, 0.6) is 0 Å². The van der Waals surface area contributed by atoms with Gasteiger partial charge in [0.05, 0.1) is 19.8 Å². The number of aliphatic hydroxyl groups is 1. The van der Waals surface area contributed by atoms with Crippen molar-refractivity contribution in [3.8, 4) is 0 Å². The molecule has 2 aliphatic heterocycles. The first kappa shape index (κ1) is 16.7. The molecule has 0 spiro atoms. The topological polar surface area (TPSA) is 57.2 Å². The van der Waals surface area contributed by atoms with Gasteiger partial charge < -0.3 is 24.1 Å². The van der Waals surface area contributed by atoms with E-state index in [2.05, 4.69) is 0 Å². The maximum Gasteiger partial charge on any atom is 0.186 e. The van der Waals surface area contributed by atoms with Crippen LogP contribution in [-0.4, -0.2) is 42.4 Å².